The van der Waals surface area contributed by atoms with Gasteiger partial charge in [0.05, 0.1) is 11.6 Å². The van der Waals surface area contributed by atoms with Gasteiger partial charge >= 0.3 is 0 Å². The Morgan fingerprint density at radius 2 is 1.97 bits per heavy atom. The van der Waals surface area contributed by atoms with Gasteiger partial charge in [0.25, 0.3) is 0 Å². The highest BCUT2D eigenvalue weighted by Crippen LogP contribution is 2.23. The fraction of sp³-hybridized carbons (Fsp3) is 0.435. The number of likely N-dealkylation sites (tertiary alicyclic amines) is 1. The lowest BCUT2D eigenvalue weighted by Crippen LogP contribution is -2.39. The van der Waals surface area contributed by atoms with Crippen molar-refractivity contribution in [3.05, 3.63) is 65.7 Å². The molecule has 7 heteroatoms. The summed E-state index contributed by atoms with van der Waals surface area (Å²) in [5, 5.41) is 0. The van der Waals surface area contributed by atoms with Gasteiger partial charge in [-0.05, 0) is 36.2 Å². The van der Waals surface area contributed by atoms with Crippen molar-refractivity contribution < 1.29 is 14.0 Å². The quantitative estimate of drug-likeness (QED) is 0.759. The molecule has 0 radical (unpaired) electrons. The zero-order valence-corrected chi connectivity index (χ0v) is 17.0. The molecule has 0 saturated carbocycles. The largest absolute Gasteiger partial charge is 0.341 e. The Labute approximate surface area is 176 Å². The molecule has 2 aliphatic rings. The van der Waals surface area contributed by atoms with Crippen LogP contribution in [0.25, 0.3) is 0 Å². The molecule has 4 rings (SSSR count). The topological polar surface area (TPSA) is 56.8 Å². The van der Waals surface area contributed by atoms with E-state index in [1.165, 1.54) is 12.1 Å². The highest BCUT2D eigenvalue weighted by atomic mass is 19.1. The zero-order valence-electron chi connectivity index (χ0n) is 17.0. The predicted octanol–water partition coefficient (Wildman–Crippen LogP) is 2.30. The summed E-state index contributed by atoms with van der Waals surface area (Å²) in [5.41, 5.74) is 1.78. The molecule has 0 unspecified atom stereocenters. The van der Waals surface area contributed by atoms with Crippen molar-refractivity contribution in [1.29, 1.82) is 0 Å². The van der Waals surface area contributed by atoms with E-state index in [9.17, 15) is 14.0 Å². The van der Waals surface area contributed by atoms with E-state index < -0.39 is 0 Å². The molecule has 0 spiro atoms. The van der Waals surface area contributed by atoms with Crippen LogP contribution in [0.3, 0.4) is 0 Å². The van der Waals surface area contributed by atoms with Crippen molar-refractivity contribution in [2.75, 3.05) is 32.7 Å². The van der Waals surface area contributed by atoms with Gasteiger partial charge in [0, 0.05) is 58.4 Å². The first kappa shape index (κ1) is 20.5. The van der Waals surface area contributed by atoms with Crippen molar-refractivity contribution in [2.24, 2.45) is 5.92 Å². The van der Waals surface area contributed by atoms with Crippen LogP contribution in [0.1, 0.15) is 24.1 Å². The molecular formula is C23H27FN4O2. The van der Waals surface area contributed by atoms with E-state index in [1.807, 2.05) is 23.1 Å². The SMILES string of the molecule is O=C1C[C@@H](C(=O)N2CCCN(Cc3ccccn3)CC2)CN1Cc1cccc(F)c1. The molecule has 0 N–H and O–H groups in total. The van der Waals surface area contributed by atoms with E-state index in [2.05, 4.69) is 9.88 Å². The number of carbonyl (C=O) groups is 2. The number of amides is 2. The normalized spacial score (nSPS) is 20.4. The lowest BCUT2D eigenvalue weighted by molar-refractivity contribution is -0.135. The van der Waals surface area contributed by atoms with E-state index >= 15 is 0 Å². The molecule has 30 heavy (non-hydrogen) atoms. The summed E-state index contributed by atoms with van der Waals surface area (Å²) < 4.78 is 13.4. The minimum atomic E-state index is -0.313. The van der Waals surface area contributed by atoms with Crippen molar-refractivity contribution in [3.63, 3.8) is 0 Å². The average molecular weight is 410 g/mol. The number of benzene rings is 1. The summed E-state index contributed by atoms with van der Waals surface area (Å²) in [7, 11) is 0. The molecule has 2 saturated heterocycles. The molecule has 2 aliphatic heterocycles. The fourth-order valence-corrected chi connectivity index (χ4v) is 4.27. The fourth-order valence-electron chi connectivity index (χ4n) is 4.27. The van der Waals surface area contributed by atoms with Crippen LogP contribution in [-0.4, -0.2) is 64.2 Å². The highest BCUT2D eigenvalue weighted by Gasteiger charge is 2.36. The molecule has 3 heterocycles. The van der Waals surface area contributed by atoms with Crippen LogP contribution in [0.4, 0.5) is 4.39 Å². The molecule has 158 valence electrons. The first-order valence-electron chi connectivity index (χ1n) is 10.5. The molecule has 0 aliphatic carbocycles. The van der Waals surface area contributed by atoms with Gasteiger partial charge in [-0.2, -0.15) is 0 Å². The Hall–Kier alpha value is -2.80. The lowest BCUT2D eigenvalue weighted by atomic mass is 10.1. The van der Waals surface area contributed by atoms with Crippen LogP contribution in [0.15, 0.2) is 48.7 Å². The number of nitrogens with zero attached hydrogens (tertiary/aromatic N) is 4. The third-order valence-corrected chi connectivity index (χ3v) is 5.84. The summed E-state index contributed by atoms with van der Waals surface area (Å²) in [6.45, 7) is 4.64. The maximum atomic E-state index is 13.4. The number of rotatable bonds is 5. The minimum absolute atomic E-state index is 0.0378. The van der Waals surface area contributed by atoms with E-state index in [0.29, 0.717) is 26.2 Å². The van der Waals surface area contributed by atoms with Gasteiger partial charge in [-0.25, -0.2) is 4.39 Å². The zero-order chi connectivity index (χ0) is 20.9. The molecule has 1 aromatic heterocycles. The molecule has 2 fully saturated rings. The standard InChI is InChI=1S/C23H27FN4O2/c24-20-6-3-5-18(13-20)15-28-16-19(14-22(28)29)23(30)27-10-4-9-26(11-12-27)17-21-7-1-2-8-25-21/h1-3,5-8,13,19H,4,9-12,14-17H2/t19-/m1/s1. The van der Waals surface area contributed by atoms with Gasteiger partial charge in [-0.15, -0.1) is 0 Å². The summed E-state index contributed by atoms with van der Waals surface area (Å²) in [5.74, 6) is -0.603. The Bertz CT molecular complexity index is 892. The molecular weight excluding hydrogens is 383 g/mol. The van der Waals surface area contributed by atoms with Crippen LogP contribution in [0.5, 0.6) is 0 Å². The van der Waals surface area contributed by atoms with Crippen molar-refractivity contribution >= 4 is 11.8 Å². The molecule has 2 aromatic rings. The summed E-state index contributed by atoms with van der Waals surface area (Å²) in [6, 6.07) is 12.2. The minimum Gasteiger partial charge on any atom is -0.341 e. The smallest absolute Gasteiger partial charge is 0.228 e. The van der Waals surface area contributed by atoms with Crippen molar-refractivity contribution in [3.8, 4) is 0 Å². The van der Waals surface area contributed by atoms with E-state index in [0.717, 1.165) is 37.3 Å². The number of hydrogen-bond acceptors (Lipinski definition) is 4. The first-order chi connectivity index (χ1) is 14.6. The number of halogens is 1. The number of hydrogen-bond donors (Lipinski definition) is 0. The van der Waals surface area contributed by atoms with Crippen LogP contribution in [0, 0.1) is 11.7 Å². The highest BCUT2D eigenvalue weighted by molar-refractivity contribution is 5.89. The third-order valence-electron chi connectivity index (χ3n) is 5.84. The summed E-state index contributed by atoms with van der Waals surface area (Å²) in [6.07, 6.45) is 2.95. The van der Waals surface area contributed by atoms with Gasteiger partial charge in [0.1, 0.15) is 5.82 Å². The van der Waals surface area contributed by atoms with Gasteiger partial charge in [-0.1, -0.05) is 18.2 Å². The second kappa shape index (κ2) is 9.34. The van der Waals surface area contributed by atoms with E-state index in [4.69, 9.17) is 0 Å². The Balaban J connectivity index is 1.31. The monoisotopic (exact) mass is 410 g/mol. The van der Waals surface area contributed by atoms with E-state index in [-0.39, 0.29) is 30.0 Å². The lowest BCUT2D eigenvalue weighted by Gasteiger charge is -2.24. The Morgan fingerprint density at radius 3 is 2.77 bits per heavy atom. The van der Waals surface area contributed by atoms with Gasteiger partial charge < -0.3 is 9.80 Å². The second-order valence-electron chi connectivity index (χ2n) is 8.08. The van der Waals surface area contributed by atoms with Gasteiger partial charge in [-0.3, -0.25) is 19.5 Å². The average Bonchev–Trinajstić information content (AvgIpc) is 2.95. The second-order valence-corrected chi connectivity index (χ2v) is 8.08. The van der Waals surface area contributed by atoms with Crippen LogP contribution in [-0.2, 0) is 22.7 Å². The maximum Gasteiger partial charge on any atom is 0.228 e. The van der Waals surface area contributed by atoms with Crippen LogP contribution >= 0.6 is 0 Å². The predicted molar refractivity (Wildman–Crippen MR) is 111 cm³/mol. The van der Waals surface area contributed by atoms with Crippen LogP contribution < -0.4 is 0 Å². The molecule has 2 amide bonds. The van der Waals surface area contributed by atoms with Crippen LogP contribution in [0.2, 0.25) is 0 Å². The van der Waals surface area contributed by atoms with Gasteiger partial charge in [0.2, 0.25) is 11.8 Å². The summed E-state index contributed by atoms with van der Waals surface area (Å²) in [4.78, 5) is 35.8. The summed E-state index contributed by atoms with van der Waals surface area (Å²) >= 11 is 0. The maximum absolute atomic E-state index is 13.4. The molecule has 0 bridgehead atoms. The van der Waals surface area contributed by atoms with Crippen molar-refractivity contribution in [2.45, 2.75) is 25.9 Å². The van der Waals surface area contributed by atoms with E-state index in [1.54, 1.807) is 23.2 Å². The third kappa shape index (κ3) is 5.02. The number of carbonyl (C=O) groups excluding carboxylic acids is 2. The first-order valence-corrected chi connectivity index (χ1v) is 10.5. The number of pyridine rings is 1. The van der Waals surface area contributed by atoms with Gasteiger partial charge in [0.15, 0.2) is 0 Å². The van der Waals surface area contributed by atoms with Crippen molar-refractivity contribution in [1.82, 2.24) is 19.7 Å². The molecule has 1 atom stereocenters. The molecule has 1 aromatic carbocycles. The molecule has 6 nitrogen and oxygen atoms in total. The number of aromatic nitrogens is 1. The Morgan fingerprint density at radius 1 is 1.07 bits per heavy atom. The Kier molecular flexibility index (Phi) is 6.38.